The summed E-state index contributed by atoms with van der Waals surface area (Å²) in [5, 5.41) is 0. The summed E-state index contributed by atoms with van der Waals surface area (Å²) in [6.07, 6.45) is 5.56. The van der Waals surface area contributed by atoms with Gasteiger partial charge in [-0.1, -0.05) is 0 Å². The zero-order valence-electron chi connectivity index (χ0n) is 16.7. The van der Waals surface area contributed by atoms with Gasteiger partial charge in [-0.25, -0.2) is 0 Å². The van der Waals surface area contributed by atoms with Gasteiger partial charge in [-0.2, -0.15) is 0 Å². The van der Waals surface area contributed by atoms with Crippen molar-refractivity contribution in [1.29, 1.82) is 0 Å². The van der Waals surface area contributed by atoms with Crippen LogP contribution in [0.2, 0.25) is 0 Å². The van der Waals surface area contributed by atoms with E-state index in [1.54, 1.807) is 22.2 Å². The van der Waals surface area contributed by atoms with Crippen LogP contribution >= 0.6 is 0 Å². The van der Waals surface area contributed by atoms with E-state index in [9.17, 15) is 9.59 Å². The fourth-order valence-electron chi connectivity index (χ4n) is 4.35. The molecule has 26 heavy (non-hydrogen) atoms. The lowest BCUT2D eigenvalue weighted by molar-refractivity contribution is -0.163. The summed E-state index contributed by atoms with van der Waals surface area (Å²) < 4.78 is 0. The van der Waals surface area contributed by atoms with Crippen LogP contribution in [0.5, 0.6) is 0 Å². The minimum Gasteiger partial charge on any atom is -0.334 e. The molecule has 1 aliphatic rings. The molecule has 0 aliphatic carbocycles. The molecule has 0 unspecified atom stereocenters. The van der Waals surface area contributed by atoms with E-state index in [0.29, 0.717) is 32.4 Å². The van der Waals surface area contributed by atoms with Crippen LogP contribution in [-0.2, 0) is 16.0 Å². The number of nitrogens with zero attached hydrogens (tertiary/aromatic N) is 3. The van der Waals surface area contributed by atoms with Crippen molar-refractivity contribution in [2.24, 2.45) is 5.73 Å². The number of likely N-dealkylation sites (N-methyl/N-ethyl adjacent to an activating group) is 1. The van der Waals surface area contributed by atoms with Gasteiger partial charge in [-0.3, -0.25) is 14.6 Å². The molecule has 2 rings (SSSR count). The van der Waals surface area contributed by atoms with Crippen molar-refractivity contribution >= 4 is 11.8 Å². The maximum Gasteiger partial charge on any atom is 0.312 e. The number of aromatic nitrogens is 1. The Hall–Kier alpha value is -1.95. The van der Waals surface area contributed by atoms with Crippen molar-refractivity contribution < 1.29 is 9.59 Å². The quantitative estimate of drug-likeness (QED) is 0.833. The van der Waals surface area contributed by atoms with Crippen molar-refractivity contribution in [3.05, 3.63) is 30.1 Å². The monoisotopic (exact) mass is 360 g/mol. The van der Waals surface area contributed by atoms with Crippen LogP contribution in [0.15, 0.2) is 24.5 Å². The highest BCUT2D eigenvalue weighted by atomic mass is 16.2. The SMILES string of the molecule is CCN(CCc1ccncc1)C(=O)C(=O)N1C(C)(C)CC(N)CC1(C)C. The van der Waals surface area contributed by atoms with Gasteiger partial charge in [0.25, 0.3) is 0 Å². The van der Waals surface area contributed by atoms with Gasteiger partial charge >= 0.3 is 11.8 Å². The third-order valence-electron chi connectivity index (χ3n) is 5.21. The van der Waals surface area contributed by atoms with Crippen LogP contribution in [0.1, 0.15) is 53.0 Å². The highest BCUT2D eigenvalue weighted by Crippen LogP contribution is 2.38. The maximum atomic E-state index is 13.1. The Bertz CT molecular complexity index is 624. The molecule has 0 aromatic carbocycles. The Morgan fingerprint density at radius 3 is 2.23 bits per heavy atom. The second-order valence-electron chi connectivity index (χ2n) is 8.42. The topological polar surface area (TPSA) is 79.5 Å². The molecular formula is C20H32N4O2. The molecule has 1 aromatic rings. The molecule has 0 bridgehead atoms. The Kier molecular flexibility index (Phi) is 6.06. The molecule has 1 aliphatic heterocycles. The zero-order chi connectivity index (χ0) is 19.5. The van der Waals surface area contributed by atoms with Crippen molar-refractivity contribution in [3.63, 3.8) is 0 Å². The first-order valence-corrected chi connectivity index (χ1v) is 9.36. The summed E-state index contributed by atoms with van der Waals surface area (Å²) in [4.78, 5) is 33.5. The van der Waals surface area contributed by atoms with E-state index in [2.05, 4.69) is 4.98 Å². The van der Waals surface area contributed by atoms with Crippen LogP contribution in [0.25, 0.3) is 0 Å². The summed E-state index contributed by atoms with van der Waals surface area (Å²) >= 11 is 0. The standard InChI is InChI=1S/C20H32N4O2/c1-6-23(12-9-15-7-10-22-11-8-15)17(25)18(26)24-19(2,3)13-16(21)14-20(24,4)5/h7-8,10-11,16H,6,9,12-14,21H2,1-5H3. The first-order chi connectivity index (χ1) is 12.1. The van der Waals surface area contributed by atoms with E-state index in [4.69, 9.17) is 5.73 Å². The smallest absolute Gasteiger partial charge is 0.312 e. The Morgan fingerprint density at radius 1 is 1.19 bits per heavy atom. The van der Waals surface area contributed by atoms with Crippen LogP contribution in [0.4, 0.5) is 0 Å². The number of carbonyl (C=O) groups is 2. The normalized spacial score (nSPS) is 19.2. The van der Waals surface area contributed by atoms with Crippen molar-refractivity contribution in [2.45, 2.75) is 71.0 Å². The van der Waals surface area contributed by atoms with Crippen LogP contribution in [-0.4, -0.2) is 56.8 Å². The number of nitrogens with two attached hydrogens (primary N) is 1. The lowest BCUT2D eigenvalue weighted by Crippen LogP contribution is -2.67. The lowest BCUT2D eigenvalue weighted by atomic mass is 9.77. The predicted octanol–water partition coefficient (Wildman–Crippen LogP) is 1.98. The molecule has 2 N–H and O–H groups in total. The zero-order valence-corrected chi connectivity index (χ0v) is 16.7. The number of piperidine rings is 1. The minimum absolute atomic E-state index is 0.0353. The van der Waals surface area contributed by atoms with Gasteiger partial charge in [0.15, 0.2) is 0 Å². The molecule has 2 heterocycles. The van der Waals surface area contributed by atoms with E-state index >= 15 is 0 Å². The number of likely N-dealkylation sites (tertiary alicyclic amines) is 1. The van der Waals surface area contributed by atoms with Crippen LogP contribution in [0, 0.1) is 0 Å². The molecule has 0 spiro atoms. The van der Waals surface area contributed by atoms with E-state index in [0.717, 1.165) is 5.56 Å². The van der Waals surface area contributed by atoms with E-state index < -0.39 is 22.9 Å². The first kappa shape index (κ1) is 20.4. The second-order valence-corrected chi connectivity index (χ2v) is 8.42. The summed E-state index contributed by atoms with van der Waals surface area (Å²) in [6, 6.07) is 3.89. The number of rotatable bonds is 4. The molecule has 1 saturated heterocycles. The molecule has 144 valence electrons. The average molecular weight is 361 g/mol. The summed E-state index contributed by atoms with van der Waals surface area (Å²) in [7, 11) is 0. The Labute approximate surface area is 156 Å². The van der Waals surface area contributed by atoms with Gasteiger partial charge < -0.3 is 15.5 Å². The minimum atomic E-state index is -0.446. The number of carbonyl (C=O) groups excluding carboxylic acids is 2. The summed E-state index contributed by atoms with van der Waals surface area (Å²) in [5.41, 5.74) is 6.39. The van der Waals surface area contributed by atoms with Gasteiger partial charge in [0.1, 0.15) is 0 Å². The second kappa shape index (κ2) is 7.74. The van der Waals surface area contributed by atoms with Gasteiger partial charge in [-0.05, 0) is 71.6 Å². The Balaban J connectivity index is 2.13. The highest BCUT2D eigenvalue weighted by molar-refractivity contribution is 6.35. The predicted molar refractivity (Wildman–Crippen MR) is 102 cm³/mol. The van der Waals surface area contributed by atoms with Crippen molar-refractivity contribution in [3.8, 4) is 0 Å². The molecule has 6 nitrogen and oxygen atoms in total. The fraction of sp³-hybridized carbons (Fsp3) is 0.650. The fourth-order valence-corrected chi connectivity index (χ4v) is 4.35. The molecule has 1 fully saturated rings. The van der Waals surface area contributed by atoms with E-state index in [-0.39, 0.29) is 6.04 Å². The van der Waals surface area contributed by atoms with Crippen molar-refractivity contribution in [1.82, 2.24) is 14.8 Å². The highest BCUT2D eigenvalue weighted by Gasteiger charge is 2.49. The van der Waals surface area contributed by atoms with Crippen LogP contribution < -0.4 is 5.73 Å². The third kappa shape index (κ3) is 4.41. The van der Waals surface area contributed by atoms with Gasteiger partial charge in [0.2, 0.25) is 0 Å². The van der Waals surface area contributed by atoms with Gasteiger partial charge in [-0.15, -0.1) is 0 Å². The lowest BCUT2D eigenvalue weighted by Gasteiger charge is -2.54. The van der Waals surface area contributed by atoms with E-state index in [1.165, 1.54) is 0 Å². The number of hydrogen-bond acceptors (Lipinski definition) is 4. The molecular weight excluding hydrogens is 328 g/mol. The Morgan fingerprint density at radius 2 is 1.73 bits per heavy atom. The molecule has 2 amide bonds. The first-order valence-electron chi connectivity index (χ1n) is 9.36. The molecule has 0 radical (unpaired) electrons. The molecule has 6 heteroatoms. The molecule has 1 aromatic heterocycles. The number of amides is 2. The largest absolute Gasteiger partial charge is 0.334 e. The maximum absolute atomic E-state index is 13.1. The number of hydrogen-bond donors (Lipinski definition) is 1. The average Bonchev–Trinajstić information content (AvgIpc) is 2.53. The van der Waals surface area contributed by atoms with Gasteiger partial charge in [0.05, 0.1) is 0 Å². The van der Waals surface area contributed by atoms with Crippen LogP contribution in [0.3, 0.4) is 0 Å². The third-order valence-corrected chi connectivity index (χ3v) is 5.21. The number of pyridine rings is 1. The van der Waals surface area contributed by atoms with Gasteiger partial charge in [0, 0.05) is 42.6 Å². The van der Waals surface area contributed by atoms with Crippen molar-refractivity contribution in [2.75, 3.05) is 13.1 Å². The summed E-state index contributed by atoms with van der Waals surface area (Å²) in [5.74, 6) is -0.860. The molecule has 0 atom stereocenters. The summed E-state index contributed by atoms with van der Waals surface area (Å²) in [6.45, 7) is 10.9. The van der Waals surface area contributed by atoms with E-state index in [1.807, 2.05) is 46.8 Å². The molecule has 0 saturated carbocycles.